The van der Waals surface area contributed by atoms with E-state index in [0.29, 0.717) is 13.1 Å². The number of nitrogens with zero attached hydrogens (tertiary/aromatic N) is 1. The lowest BCUT2D eigenvalue weighted by Crippen LogP contribution is -2.16. The second kappa shape index (κ2) is 7.02. The van der Waals surface area contributed by atoms with Gasteiger partial charge in [0.1, 0.15) is 6.10 Å². The minimum absolute atomic E-state index is 0.0400. The predicted molar refractivity (Wildman–Crippen MR) is 89.9 cm³/mol. The Hall–Kier alpha value is -1.04. The second-order valence-electron chi connectivity index (χ2n) is 5.33. The highest BCUT2D eigenvalue weighted by Gasteiger charge is 2.22. The van der Waals surface area contributed by atoms with Crippen LogP contribution in [-0.4, -0.2) is 27.8 Å². The molecule has 0 aliphatic carbocycles. The van der Waals surface area contributed by atoms with Crippen molar-refractivity contribution < 1.29 is 10.2 Å². The molecular formula is C17H18ClNO2S. The summed E-state index contributed by atoms with van der Waals surface area (Å²) in [5.41, 5.74) is 4.16. The Morgan fingerprint density at radius 3 is 2.82 bits per heavy atom. The molecule has 0 saturated heterocycles. The fraction of sp³-hybridized carbons (Fsp3) is 0.294. The SMILES string of the molecule is OCCN(Cl)Cc1ccc2c(c1)CSc1ccccc1C2O. The van der Waals surface area contributed by atoms with Crippen LogP contribution in [-0.2, 0) is 12.3 Å². The zero-order valence-corrected chi connectivity index (χ0v) is 13.6. The van der Waals surface area contributed by atoms with Crippen molar-refractivity contribution in [2.75, 3.05) is 13.2 Å². The first-order valence-electron chi connectivity index (χ1n) is 7.22. The molecule has 1 aliphatic rings. The predicted octanol–water partition coefficient (Wildman–Crippen LogP) is 3.32. The zero-order valence-electron chi connectivity index (χ0n) is 12.1. The van der Waals surface area contributed by atoms with Crippen molar-refractivity contribution in [1.82, 2.24) is 4.42 Å². The van der Waals surface area contributed by atoms with Gasteiger partial charge in [0.25, 0.3) is 0 Å². The van der Waals surface area contributed by atoms with Gasteiger partial charge in [-0.1, -0.05) is 36.4 Å². The molecule has 2 N–H and O–H groups in total. The van der Waals surface area contributed by atoms with Gasteiger partial charge in [-0.25, -0.2) is 4.42 Å². The van der Waals surface area contributed by atoms with E-state index < -0.39 is 6.10 Å². The zero-order chi connectivity index (χ0) is 15.5. The summed E-state index contributed by atoms with van der Waals surface area (Å²) in [5.74, 6) is 0.833. The molecule has 3 rings (SSSR count). The van der Waals surface area contributed by atoms with Crippen LogP contribution in [0.5, 0.6) is 0 Å². The quantitative estimate of drug-likeness (QED) is 0.841. The molecular weight excluding hydrogens is 318 g/mol. The lowest BCUT2D eigenvalue weighted by atomic mass is 9.96. The van der Waals surface area contributed by atoms with Crippen LogP contribution in [0.1, 0.15) is 28.4 Å². The topological polar surface area (TPSA) is 43.7 Å². The van der Waals surface area contributed by atoms with Crippen molar-refractivity contribution in [1.29, 1.82) is 0 Å². The highest BCUT2D eigenvalue weighted by atomic mass is 35.5. The molecule has 1 unspecified atom stereocenters. The van der Waals surface area contributed by atoms with Crippen LogP contribution < -0.4 is 0 Å². The normalized spacial score (nSPS) is 17.0. The first-order valence-corrected chi connectivity index (χ1v) is 8.54. The largest absolute Gasteiger partial charge is 0.395 e. The molecule has 0 amide bonds. The van der Waals surface area contributed by atoms with Gasteiger partial charge in [-0.3, -0.25) is 0 Å². The molecule has 1 atom stereocenters. The molecule has 1 aliphatic heterocycles. The van der Waals surface area contributed by atoms with E-state index in [1.54, 1.807) is 16.2 Å². The molecule has 0 aromatic heterocycles. The lowest BCUT2D eigenvalue weighted by Gasteiger charge is -2.16. The fourth-order valence-corrected chi connectivity index (χ4v) is 3.99. The number of hydrogen-bond acceptors (Lipinski definition) is 4. The Kier molecular flexibility index (Phi) is 5.06. The summed E-state index contributed by atoms with van der Waals surface area (Å²) in [5, 5.41) is 19.6. The van der Waals surface area contributed by atoms with Crippen molar-refractivity contribution in [3.8, 4) is 0 Å². The van der Waals surface area contributed by atoms with E-state index in [4.69, 9.17) is 16.9 Å². The van der Waals surface area contributed by atoms with Crippen molar-refractivity contribution in [2.45, 2.75) is 23.3 Å². The van der Waals surface area contributed by atoms with E-state index in [1.165, 1.54) is 0 Å². The number of aliphatic hydroxyl groups excluding tert-OH is 2. The molecule has 5 heteroatoms. The van der Waals surface area contributed by atoms with Crippen molar-refractivity contribution in [3.63, 3.8) is 0 Å². The maximum atomic E-state index is 10.7. The summed E-state index contributed by atoms with van der Waals surface area (Å²) >= 11 is 7.80. The van der Waals surface area contributed by atoms with Gasteiger partial charge < -0.3 is 10.2 Å². The van der Waals surface area contributed by atoms with E-state index in [1.807, 2.05) is 30.3 Å². The average Bonchev–Trinajstić information content (AvgIpc) is 2.65. The summed E-state index contributed by atoms with van der Waals surface area (Å²) in [7, 11) is 0. The summed E-state index contributed by atoms with van der Waals surface area (Å²) < 4.78 is 1.57. The van der Waals surface area contributed by atoms with Crippen molar-refractivity contribution >= 4 is 23.5 Å². The van der Waals surface area contributed by atoms with Crippen molar-refractivity contribution in [3.05, 3.63) is 64.7 Å². The van der Waals surface area contributed by atoms with E-state index in [2.05, 4.69) is 12.1 Å². The maximum absolute atomic E-state index is 10.7. The van der Waals surface area contributed by atoms with Crippen LogP contribution in [0.2, 0.25) is 0 Å². The summed E-state index contributed by atoms with van der Waals surface area (Å²) in [6.45, 7) is 1.04. The molecule has 0 radical (unpaired) electrons. The van der Waals surface area contributed by atoms with E-state index in [0.717, 1.165) is 32.9 Å². The Morgan fingerprint density at radius 2 is 2.00 bits per heavy atom. The number of fused-ring (bicyclic) bond motifs is 2. The van der Waals surface area contributed by atoms with Gasteiger partial charge in [0, 0.05) is 23.7 Å². The van der Waals surface area contributed by atoms with Crippen LogP contribution in [0.25, 0.3) is 0 Å². The van der Waals surface area contributed by atoms with Crippen LogP contribution in [0.3, 0.4) is 0 Å². The molecule has 0 spiro atoms. The number of aliphatic hydroxyl groups is 2. The van der Waals surface area contributed by atoms with Gasteiger partial charge in [-0.15, -0.1) is 11.8 Å². The third-order valence-corrected chi connectivity index (χ3v) is 5.22. The van der Waals surface area contributed by atoms with Gasteiger partial charge in [0.2, 0.25) is 0 Å². The minimum Gasteiger partial charge on any atom is -0.395 e. The summed E-state index contributed by atoms with van der Waals surface area (Å²) in [6, 6.07) is 14.1. The lowest BCUT2D eigenvalue weighted by molar-refractivity contribution is 0.217. The fourth-order valence-electron chi connectivity index (χ4n) is 2.70. The molecule has 3 nitrogen and oxygen atoms in total. The monoisotopic (exact) mass is 335 g/mol. The third kappa shape index (κ3) is 3.31. The Morgan fingerprint density at radius 1 is 1.18 bits per heavy atom. The third-order valence-electron chi connectivity index (χ3n) is 3.80. The Bertz CT molecular complexity index is 665. The van der Waals surface area contributed by atoms with Crippen molar-refractivity contribution in [2.24, 2.45) is 0 Å². The molecule has 22 heavy (non-hydrogen) atoms. The number of halogens is 1. The first-order chi connectivity index (χ1) is 10.7. The molecule has 2 aromatic carbocycles. The number of rotatable bonds is 4. The van der Waals surface area contributed by atoms with Gasteiger partial charge in [-0.05, 0) is 40.1 Å². The number of hydrogen-bond donors (Lipinski definition) is 2. The molecule has 2 aromatic rings. The molecule has 0 fully saturated rings. The minimum atomic E-state index is -0.584. The van der Waals surface area contributed by atoms with Gasteiger partial charge in [-0.2, -0.15) is 0 Å². The Balaban J connectivity index is 1.88. The van der Waals surface area contributed by atoms with Gasteiger partial charge >= 0.3 is 0 Å². The van der Waals surface area contributed by atoms with E-state index in [9.17, 15) is 5.11 Å². The smallest absolute Gasteiger partial charge is 0.105 e. The van der Waals surface area contributed by atoms with Crippen LogP contribution >= 0.6 is 23.5 Å². The summed E-state index contributed by atoms with van der Waals surface area (Å²) in [4.78, 5) is 1.13. The molecule has 1 heterocycles. The van der Waals surface area contributed by atoms with E-state index in [-0.39, 0.29) is 6.61 Å². The summed E-state index contributed by atoms with van der Waals surface area (Å²) in [6.07, 6.45) is -0.584. The molecule has 116 valence electrons. The standard InChI is InChI=1S/C17H18ClNO2S/c18-19(7-8-20)10-12-5-6-14-13(9-12)11-22-16-4-2-1-3-15(16)17(14)21/h1-6,9,17,20-21H,7-8,10-11H2. The number of thioether (sulfide) groups is 1. The maximum Gasteiger partial charge on any atom is 0.105 e. The van der Waals surface area contributed by atoms with Crippen LogP contribution in [0.4, 0.5) is 0 Å². The van der Waals surface area contributed by atoms with Gasteiger partial charge in [0.15, 0.2) is 0 Å². The first kappa shape index (κ1) is 15.8. The average molecular weight is 336 g/mol. The highest BCUT2D eigenvalue weighted by molar-refractivity contribution is 7.98. The second-order valence-corrected chi connectivity index (χ2v) is 6.83. The number of benzene rings is 2. The van der Waals surface area contributed by atoms with Crippen LogP contribution in [0.15, 0.2) is 47.4 Å². The Labute approximate surface area is 139 Å². The molecule has 0 saturated carbocycles. The molecule has 0 bridgehead atoms. The van der Waals surface area contributed by atoms with E-state index >= 15 is 0 Å². The highest BCUT2D eigenvalue weighted by Crippen LogP contribution is 2.39. The van der Waals surface area contributed by atoms with Gasteiger partial charge in [0.05, 0.1) is 6.61 Å². The van der Waals surface area contributed by atoms with Crippen LogP contribution in [0, 0.1) is 0 Å².